The van der Waals surface area contributed by atoms with Crippen LogP contribution in [0.25, 0.3) is 6.08 Å². The van der Waals surface area contributed by atoms with Gasteiger partial charge in [-0.3, -0.25) is 4.79 Å². The highest BCUT2D eigenvalue weighted by Gasteiger charge is 2.11. The summed E-state index contributed by atoms with van der Waals surface area (Å²) in [4.78, 5) is 12.4. The van der Waals surface area contributed by atoms with Gasteiger partial charge in [0.2, 0.25) is 0 Å². The third-order valence-electron chi connectivity index (χ3n) is 4.00. The number of rotatable bonds is 6. The van der Waals surface area contributed by atoms with Crippen LogP contribution in [-0.4, -0.2) is 5.91 Å². The van der Waals surface area contributed by atoms with Gasteiger partial charge in [-0.25, -0.2) is 0 Å². The molecule has 0 heterocycles. The van der Waals surface area contributed by atoms with Crippen LogP contribution in [0, 0.1) is 11.3 Å². The molecule has 0 bridgehead atoms. The molecule has 1 amide bonds. The zero-order valence-corrected chi connectivity index (χ0v) is 16.7. The Labute approximate surface area is 179 Å². The van der Waals surface area contributed by atoms with E-state index < -0.39 is 5.91 Å². The van der Waals surface area contributed by atoms with Gasteiger partial charge in [-0.2, -0.15) is 5.26 Å². The van der Waals surface area contributed by atoms with Gasteiger partial charge in [0.1, 0.15) is 24.0 Å². The monoisotopic (exact) mass is 422 g/mol. The van der Waals surface area contributed by atoms with Crippen molar-refractivity contribution in [2.45, 2.75) is 6.61 Å². The summed E-state index contributed by atoms with van der Waals surface area (Å²) in [7, 11) is 0. The number of ether oxygens (including phenoxy) is 1. The lowest BCUT2D eigenvalue weighted by atomic mass is 10.1. The minimum absolute atomic E-state index is 0.0280. The van der Waals surface area contributed by atoms with Crippen LogP contribution in [0.3, 0.4) is 0 Å². The third kappa shape index (κ3) is 5.86. The van der Waals surface area contributed by atoms with Crippen molar-refractivity contribution < 1.29 is 9.53 Å². The van der Waals surface area contributed by atoms with E-state index in [4.69, 9.17) is 27.9 Å². The van der Waals surface area contributed by atoms with Gasteiger partial charge in [0, 0.05) is 5.02 Å². The average Bonchev–Trinajstić information content (AvgIpc) is 2.74. The molecule has 29 heavy (non-hydrogen) atoms. The first-order valence-corrected chi connectivity index (χ1v) is 9.46. The largest absolute Gasteiger partial charge is 0.489 e. The predicted molar refractivity (Wildman–Crippen MR) is 116 cm³/mol. The van der Waals surface area contributed by atoms with E-state index in [1.165, 1.54) is 6.08 Å². The van der Waals surface area contributed by atoms with E-state index in [9.17, 15) is 10.1 Å². The molecule has 0 aliphatic heterocycles. The number of nitrogens with one attached hydrogen (secondary N) is 1. The normalized spacial score (nSPS) is 10.9. The van der Waals surface area contributed by atoms with Gasteiger partial charge in [0.25, 0.3) is 5.91 Å². The zero-order chi connectivity index (χ0) is 20.6. The summed E-state index contributed by atoms with van der Waals surface area (Å²) >= 11 is 11.9. The quantitative estimate of drug-likeness (QED) is 0.384. The average molecular weight is 423 g/mol. The van der Waals surface area contributed by atoms with E-state index in [0.717, 1.165) is 5.56 Å². The van der Waals surface area contributed by atoms with Gasteiger partial charge in [-0.05, 0) is 53.6 Å². The summed E-state index contributed by atoms with van der Waals surface area (Å²) in [6.45, 7) is 0.413. The van der Waals surface area contributed by atoms with E-state index in [0.29, 0.717) is 33.7 Å². The second kappa shape index (κ2) is 9.79. The maximum absolute atomic E-state index is 12.4. The number of halogens is 2. The van der Waals surface area contributed by atoms with E-state index in [1.54, 1.807) is 48.5 Å². The number of hydrogen-bond donors (Lipinski definition) is 1. The molecule has 0 unspecified atom stereocenters. The number of nitriles is 1. The van der Waals surface area contributed by atoms with Crippen molar-refractivity contribution in [1.29, 1.82) is 5.26 Å². The highest BCUT2D eigenvalue weighted by molar-refractivity contribution is 6.34. The minimum atomic E-state index is -0.524. The van der Waals surface area contributed by atoms with E-state index >= 15 is 0 Å². The van der Waals surface area contributed by atoms with E-state index in [-0.39, 0.29) is 5.57 Å². The number of amides is 1. The fourth-order valence-electron chi connectivity index (χ4n) is 2.48. The Bertz CT molecular complexity index is 1070. The van der Waals surface area contributed by atoms with Crippen LogP contribution in [0.15, 0.2) is 78.4 Å². The molecule has 0 aliphatic rings. The van der Waals surface area contributed by atoms with Gasteiger partial charge >= 0.3 is 0 Å². The van der Waals surface area contributed by atoms with Gasteiger partial charge in [0.15, 0.2) is 0 Å². The highest BCUT2D eigenvalue weighted by atomic mass is 35.5. The molecule has 0 atom stereocenters. The van der Waals surface area contributed by atoms with Crippen LogP contribution in [0.1, 0.15) is 11.1 Å². The first kappa shape index (κ1) is 20.5. The Balaban J connectivity index is 1.65. The van der Waals surface area contributed by atoms with E-state index in [1.807, 2.05) is 30.3 Å². The molecule has 3 aromatic rings. The second-order valence-corrected chi connectivity index (χ2v) is 6.93. The van der Waals surface area contributed by atoms with Crippen LogP contribution in [0.5, 0.6) is 5.75 Å². The molecule has 0 spiro atoms. The lowest BCUT2D eigenvalue weighted by Gasteiger charge is -2.07. The standard InChI is InChI=1S/C23H16Cl2N2O2/c24-19-9-5-17(6-10-19)15-29-20-11-7-16(8-12-20)13-18(14-26)23(28)27-22-4-2-1-3-21(22)25/h1-13H,15H2,(H,27,28)/b18-13+. The van der Waals surface area contributed by atoms with Crippen LogP contribution in [0.4, 0.5) is 5.69 Å². The fraction of sp³-hybridized carbons (Fsp3) is 0.0435. The zero-order valence-electron chi connectivity index (χ0n) is 15.2. The molecule has 0 radical (unpaired) electrons. The first-order valence-electron chi connectivity index (χ1n) is 8.70. The molecule has 1 N–H and O–H groups in total. The lowest BCUT2D eigenvalue weighted by molar-refractivity contribution is -0.112. The molecular weight excluding hydrogens is 407 g/mol. The molecule has 0 aliphatic carbocycles. The van der Waals surface area contributed by atoms with Crippen LogP contribution in [0.2, 0.25) is 10.0 Å². The number of benzene rings is 3. The van der Waals surface area contributed by atoms with Crippen molar-refractivity contribution >= 4 is 40.9 Å². The lowest BCUT2D eigenvalue weighted by Crippen LogP contribution is -2.13. The van der Waals surface area contributed by atoms with Crippen molar-refractivity contribution in [3.8, 4) is 11.8 Å². The van der Waals surface area contributed by atoms with Gasteiger partial charge in [-0.1, -0.05) is 59.6 Å². The summed E-state index contributed by atoms with van der Waals surface area (Å²) in [5.41, 5.74) is 2.13. The third-order valence-corrected chi connectivity index (χ3v) is 4.58. The van der Waals surface area contributed by atoms with Crippen molar-refractivity contribution in [3.05, 3.63) is 99.5 Å². The topological polar surface area (TPSA) is 62.1 Å². The molecule has 144 valence electrons. The van der Waals surface area contributed by atoms with Crippen LogP contribution in [-0.2, 0) is 11.4 Å². The SMILES string of the molecule is N#C/C(=C\c1ccc(OCc2ccc(Cl)cc2)cc1)C(=O)Nc1ccccc1Cl. The smallest absolute Gasteiger partial charge is 0.266 e. The molecule has 6 heteroatoms. The molecule has 0 fully saturated rings. The Morgan fingerprint density at radius 3 is 2.34 bits per heavy atom. The molecule has 4 nitrogen and oxygen atoms in total. The number of hydrogen-bond acceptors (Lipinski definition) is 3. The molecule has 0 saturated carbocycles. The summed E-state index contributed by atoms with van der Waals surface area (Å²) < 4.78 is 5.74. The Morgan fingerprint density at radius 1 is 1.00 bits per heavy atom. The van der Waals surface area contributed by atoms with Crippen molar-refractivity contribution in [3.63, 3.8) is 0 Å². The van der Waals surface area contributed by atoms with Crippen LogP contribution >= 0.6 is 23.2 Å². The molecule has 0 saturated heterocycles. The molecular formula is C23H16Cl2N2O2. The maximum atomic E-state index is 12.4. The number of carbonyl (C=O) groups excluding carboxylic acids is 1. The van der Waals surface area contributed by atoms with E-state index in [2.05, 4.69) is 5.32 Å². The maximum Gasteiger partial charge on any atom is 0.266 e. The number of para-hydroxylation sites is 1. The van der Waals surface area contributed by atoms with Crippen molar-refractivity contribution in [2.75, 3.05) is 5.32 Å². The van der Waals surface area contributed by atoms with Crippen LogP contribution < -0.4 is 10.1 Å². The highest BCUT2D eigenvalue weighted by Crippen LogP contribution is 2.22. The molecule has 0 aromatic heterocycles. The molecule has 3 aromatic carbocycles. The van der Waals surface area contributed by atoms with Crippen molar-refractivity contribution in [1.82, 2.24) is 0 Å². The summed E-state index contributed by atoms with van der Waals surface area (Å²) in [5, 5.41) is 13.1. The molecule has 3 rings (SSSR count). The predicted octanol–water partition coefficient (Wildman–Crippen LogP) is 6.12. The Morgan fingerprint density at radius 2 is 1.69 bits per heavy atom. The summed E-state index contributed by atoms with van der Waals surface area (Å²) in [6, 6.07) is 23.3. The number of nitrogens with zero attached hydrogens (tertiary/aromatic N) is 1. The Kier molecular flexibility index (Phi) is 6.91. The van der Waals surface area contributed by atoms with Gasteiger partial charge < -0.3 is 10.1 Å². The Hall–Kier alpha value is -3.26. The summed E-state index contributed by atoms with van der Waals surface area (Å²) in [5.74, 6) is 0.153. The van der Waals surface area contributed by atoms with Crippen molar-refractivity contribution in [2.24, 2.45) is 0 Å². The summed E-state index contributed by atoms with van der Waals surface area (Å²) in [6.07, 6.45) is 1.51. The number of carbonyl (C=O) groups is 1. The first-order chi connectivity index (χ1) is 14.0. The number of anilines is 1. The fourth-order valence-corrected chi connectivity index (χ4v) is 2.78. The second-order valence-electron chi connectivity index (χ2n) is 6.09. The van der Waals surface area contributed by atoms with Gasteiger partial charge in [-0.15, -0.1) is 0 Å². The minimum Gasteiger partial charge on any atom is -0.489 e. The van der Waals surface area contributed by atoms with Gasteiger partial charge in [0.05, 0.1) is 10.7 Å².